The standard InChI is InChI=1S/C19H19Cl2NO2S/c1-24-18-8-3-2-5-14(18)9-10-19(23)22-11-12-25-13-15-16(20)6-4-7-17(15)21/h2-10H,11-13H2,1H3,(H,22,23)/b10-9+. The number of para-hydroxylation sites is 1. The van der Waals surface area contributed by atoms with E-state index in [2.05, 4.69) is 5.32 Å². The van der Waals surface area contributed by atoms with Gasteiger partial charge in [0.25, 0.3) is 0 Å². The van der Waals surface area contributed by atoms with Crippen molar-refractivity contribution in [3.8, 4) is 5.75 Å². The Kier molecular flexibility index (Phi) is 8.19. The number of nitrogens with one attached hydrogen (secondary N) is 1. The highest BCUT2D eigenvalue weighted by atomic mass is 35.5. The van der Waals surface area contributed by atoms with E-state index in [4.69, 9.17) is 27.9 Å². The molecule has 2 aromatic carbocycles. The van der Waals surface area contributed by atoms with Crippen LogP contribution in [-0.4, -0.2) is 25.3 Å². The van der Waals surface area contributed by atoms with Gasteiger partial charge in [-0.3, -0.25) is 4.79 Å². The van der Waals surface area contributed by atoms with Crippen LogP contribution in [0.15, 0.2) is 48.5 Å². The van der Waals surface area contributed by atoms with Gasteiger partial charge < -0.3 is 10.1 Å². The molecule has 2 rings (SSSR count). The highest BCUT2D eigenvalue weighted by molar-refractivity contribution is 7.98. The highest BCUT2D eigenvalue weighted by Gasteiger charge is 2.05. The summed E-state index contributed by atoms with van der Waals surface area (Å²) in [7, 11) is 1.61. The summed E-state index contributed by atoms with van der Waals surface area (Å²) in [4.78, 5) is 11.9. The van der Waals surface area contributed by atoms with Gasteiger partial charge in [-0.05, 0) is 29.8 Å². The number of ether oxygens (including phenoxy) is 1. The summed E-state index contributed by atoms with van der Waals surface area (Å²) < 4.78 is 5.24. The SMILES string of the molecule is COc1ccccc1/C=C/C(=O)NCCSCc1c(Cl)cccc1Cl. The number of carbonyl (C=O) groups excluding carboxylic acids is 1. The monoisotopic (exact) mass is 395 g/mol. The van der Waals surface area contributed by atoms with Gasteiger partial charge in [0.15, 0.2) is 0 Å². The Labute approximate surface area is 162 Å². The van der Waals surface area contributed by atoms with Gasteiger partial charge >= 0.3 is 0 Å². The molecular formula is C19H19Cl2NO2S. The van der Waals surface area contributed by atoms with E-state index >= 15 is 0 Å². The van der Waals surface area contributed by atoms with Crippen LogP contribution < -0.4 is 10.1 Å². The molecule has 3 nitrogen and oxygen atoms in total. The number of rotatable bonds is 8. The van der Waals surface area contributed by atoms with Crippen LogP contribution in [0.4, 0.5) is 0 Å². The van der Waals surface area contributed by atoms with Gasteiger partial charge in [-0.15, -0.1) is 0 Å². The van der Waals surface area contributed by atoms with Gasteiger partial charge in [0.1, 0.15) is 5.75 Å². The van der Waals surface area contributed by atoms with Gasteiger partial charge in [-0.2, -0.15) is 11.8 Å². The van der Waals surface area contributed by atoms with E-state index in [0.717, 1.165) is 22.6 Å². The normalized spacial score (nSPS) is 10.8. The molecule has 0 aliphatic carbocycles. The molecule has 25 heavy (non-hydrogen) atoms. The molecule has 0 aliphatic rings. The number of methoxy groups -OCH3 is 1. The first-order valence-electron chi connectivity index (χ1n) is 7.71. The Balaban J connectivity index is 1.73. The molecule has 1 N–H and O–H groups in total. The third kappa shape index (κ3) is 6.31. The predicted molar refractivity (Wildman–Crippen MR) is 108 cm³/mol. The lowest BCUT2D eigenvalue weighted by molar-refractivity contribution is -0.116. The number of thioether (sulfide) groups is 1. The third-order valence-electron chi connectivity index (χ3n) is 3.41. The lowest BCUT2D eigenvalue weighted by atomic mass is 10.2. The summed E-state index contributed by atoms with van der Waals surface area (Å²) in [6.07, 6.45) is 3.25. The van der Waals surface area contributed by atoms with Gasteiger partial charge in [0.2, 0.25) is 5.91 Å². The molecule has 2 aromatic rings. The summed E-state index contributed by atoms with van der Waals surface area (Å²) >= 11 is 13.9. The number of hydrogen-bond acceptors (Lipinski definition) is 3. The largest absolute Gasteiger partial charge is 0.496 e. The van der Waals surface area contributed by atoms with Crippen molar-refractivity contribution in [2.75, 3.05) is 19.4 Å². The Bertz CT molecular complexity index is 730. The highest BCUT2D eigenvalue weighted by Crippen LogP contribution is 2.27. The molecule has 0 saturated carbocycles. The molecule has 0 bridgehead atoms. The quantitative estimate of drug-likeness (QED) is 0.501. The Morgan fingerprint density at radius 2 is 1.88 bits per heavy atom. The smallest absolute Gasteiger partial charge is 0.244 e. The van der Waals surface area contributed by atoms with Crippen molar-refractivity contribution in [3.05, 3.63) is 69.7 Å². The van der Waals surface area contributed by atoms with Crippen LogP contribution in [0.5, 0.6) is 5.75 Å². The van der Waals surface area contributed by atoms with E-state index < -0.39 is 0 Å². The first kappa shape index (κ1) is 19.7. The maximum atomic E-state index is 11.9. The first-order chi connectivity index (χ1) is 12.1. The lowest BCUT2D eigenvalue weighted by Gasteiger charge is -2.07. The summed E-state index contributed by atoms with van der Waals surface area (Å²) in [5.74, 6) is 2.09. The van der Waals surface area contributed by atoms with Gasteiger partial charge in [-0.1, -0.05) is 47.5 Å². The maximum Gasteiger partial charge on any atom is 0.244 e. The average molecular weight is 396 g/mol. The summed E-state index contributed by atoms with van der Waals surface area (Å²) in [5.41, 5.74) is 1.79. The molecule has 0 radical (unpaired) electrons. The number of halogens is 2. The van der Waals surface area contributed by atoms with Crippen LogP contribution in [0, 0.1) is 0 Å². The van der Waals surface area contributed by atoms with Crippen molar-refractivity contribution in [2.24, 2.45) is 0 Å². The molecule has 0 spiro atoms. The van der Waals surface area contributed by atoms with Gasteiger partial charge in [0, 0.05) is 39.7 Å². The van der Waals surface area contributed by atoms with Crippen molar-refractivity contribution in [2.45, 2.75) is 5.75 Å². The molecule has 1 amide bonds. The molecule has 0 saturated heterocycles. The zero-order chi connectivity index (χ0) is 18.1. The van der Waals surface area contributed by atoms with E-state index in [1.165, 1.54) is 6.08 Å². The first-order valence-corrected chi connectivity index (χ1v) is 9.62. The fourth-order valence-electron chi connectivity index (χ4n) is 2.12. The van der Waals surface area contributed by atoms with Crippen LogP contribution in [0.1, 0.15) is 11.1 Å². The second-order valence-corrected chi connectivity index (χ2v) is 7.04. The van der Waals surface area contributed by atoms with E-state index in [1.807, 2.05) is 42.5 Å². The Hall–Kier alpha value is -1.62. The molecular weight excluding hydrogens is 377 g/mol. The van der Waals surface area contributed by atoms with E-state index in [1.54, 1.807) is 24.9 Å². The maximum absolute atomic E-state index is 11.9. The molecule has 0 heterocycles. The number of hydrogen-bond donors (Lipinski definition) is 1. The zero-order valence-corrected chi connectivity index (χ0v) is 16.1. The molecule has 0 aromatic heterocycles. The Morgan fingerprint density at radius 1 is 1.16 bits per heavy atom. The van der Waals surface area contributed by atoms with E-state index in [9.17, 15) is 4.79 Å². The average Bonchev–Trinajstić information content (AvgIpc) is 2.62. The van der Waals surface area contributed by atoms with E-state index in [-0.39, 0.29) is 5.91 Å². The van der Waals surface area contributed by atoms with Crippen LogP contribution in [-0.2, 0) is 10.5 Å². The molecule has 6 heteroatoms. The van der Waals surface area contributed by atoms with Crippen molar-refractivity contribution in [3.63, 3.8) is 0 Å². The summed E-state index contributed by atoms with van der Waals surface area (Å²) in [6.45, 7) is 0.571. The lowest BCUT2D eigenvalue weighted by Crippen LogP contribution is -2.23. The molecule has 0 unspecified atom stereocenters. The Morgan fingerprint density at radius 3 is 2.60 bits per heavy atom. The van der Waals surface area contributed by atoms with Crippen LogP contribution >= 0.6 is 35.0 Å². The molecule has 0 aliphatic heterocycles. The minimum Gasteiger partial charge on any atom is -0.496 e. The van der Waals surface area contributed by atoms with Gasteiger partial charge in [0.05, 0.1) is 7.11 Å². The van der Waals surface area contributed by atoms with Crippen molar-refractivity contribution in [1.29, 1.82) is 0 Å². The molecule has 0 atom stereocenters. The molecule has 132 valence electrons. The van der Waals surface area contributed by atoms with Crippen molar-refractivity contribution in [1.82, 2.24) is 5.32 Å². The zero-order valence-electron chi connectivity index (χ0n) is 13.8. The minimum absolute atomic E-state index is 0.137. The second kappa shape index (κ2) is 10.4. The number of amides is 1. The number of benzene rings is 2. The van der Waals surface area contributed by atoms with Gasteiger partial charge in [-0.25, -0.2) is 0 Å². The van der Waals surface area contributed by atoms with Crippen molar-refractivity contribution >= 4 is 46.9 Å². The minimum atomic E-state index is -0.137. The molecule has 0 fully saturated rings. The summed E-state index contributed by atoms with van der Waals surface area (Å²) in [5, 5.41) is 4.19. The second-order valence-electron chi connectivity index (χ2n) is 5.12. The third-order valence-corrected chi connectivity index (χ3v) is 5.10. The topological polar surface area (TPSA) is 38.3 Å². The van der Waals surface area contributed by atoms with Crippen LogP contribution in [0.2, 0.25) is 10.0 Å². The predicted octanol–water partition coefficient (Wildman–Crippen LogP) is 5.06. The van der Waals surface area contributed by atoms with Crippen LogP contribution in [0.3, 0.4) is 0 Å². The fourth-order valence-corrected chi connectivity index (χ4v) is 3.71. The number of carbonyl (C=O) groups is 1. The van der Waals surface area contributed by atoms with Crippen molar-refractivity contribution < 1.29 is 9.53 Å². The fraction of sp³-hybridized carbons (Fsp3) is 0.211. The van der Waals surface area contributed by atoms with E-state index in [0.29, 0.717) is 22.3 Å². The van der Waals surface area contributed by atoms with Crippen LogP contribution in [0.25, 0.3) is 6.08 Å². The summed E-state index contributed by atoms with van der Waals surface area (Å²) in [6, 6.07) is 13.0.